The minimum Gasteiger partial charge on any atom is -0.365 e. The fraction of sp³-hybridized carbons (Fsp3) is 0.538. The zero-order valence-electron chi connectivity index (χ0n) is 10.2. The molecule has 0 spiro atoms. The Kier molecular flexibility index (Phi) is 4.52. The number of hydrogen-bond donors (Lipinski definition) is 0. The van der Waals surface area contributed by atoms with E-state index in [1.165, 1.54) is 11.3 Å². The topological polar surface area (TPSA) is 3.24 Å². The van der Waals surface area contributed by atoms with E-state index in [1.54, 1.807) is 0 Å². The lowest BCUT2D eigenvalue weighted by molar-refractivity contribution is 0.339. The second-order valence-electron chi connectivity index (χ2n) is 4.02. The maximum Gasteiger partial charge on any atom is 0.0807 e. The maximum absolute atomic E-state index is 3.88. The number of hydrogen-bond acceptors (Lipinski definition) is 2. The summed E-state index contributed by atoms with van der Waals surface area (Å²) in [5.41, 5.74) is 2.84. The number of rotatable bonds is 3. The minimum absolute atomic E-state index is 0.530. The van der Waals surface area contributed by atoms with Gasteiger partial charge in [-0.1, -0.05) is 25.2 Å². The molecule has 0 radical (unpaired) electrons. The smallest absolute Gasteiger partial charge is 0.0807 e. The molecule has 15 heavy (non-hydrogen) atoms. The Morgan fingerprint density at radius 1 is 1.60 bits per heavy atom. The molecule has 0 bridgehead atoms. The summed E-state index contributed by atoms with van der Waals surface area (Å²) < 4.78 is 0. The molecule has 1 aliphatic heterocycles. The van der Waals surface area contributed by atoms with Crippen LogP contribution >= 0.6 is 11.8 Å². The molecule has 0 fully saturated rings. The van der Waals surface area contributed by atoms with Gasteiger partial charge in [0, 0.05) is 24.4 Å². The minimum atomic E-state index is 0.530. The van der Waals surface area contributed by atoms with Crippen LogP contribution in [-0.4, -0.2) is 23.1 Å². The highest BCUT2D eigenvalue weighted by Gasteiger charge is 2.25. The fourth-order valence-corrected chi connectivity index (χ4v) is 3.25. The first-order valence-electron chi connectivity index (χ1n) is 5.41. The molecular weight excluding hydrogens is 202 g/mol. The van der Waals surface area contributed by atoms with Crippen LogP contribution in [0, 0.1) is 5.92 Å². The molecule has 0 N–H and O–H groups in total. The Balaban J connectivity index is 2.87. The molecule has 2 heteroatoms. The van der Waals surface area contributed by atoms with E-state index in [1.807, 2.05) is 17.8 Å². The van der Waals surface area contributed by atoms with E-state index in [4.69, 9.17) is 0 Å². The molecule has 0 aromatic carbocycles. The third-order valence-corrected chi connectivity index (χ3v) is 4.54. The number of nitrogens with zero attached hydrogens (tertiary/aromatic N) is 1. The Bertz CT molecular complexity index is 291. The summed E-state index contributed by atoms with van der Waals surface area (Å²) in [6.07, 6.45) is 6.38. The Hall–Kier alpha value is -0.630. The summed E-state index contributed by atoms with van der Waals surface area (Å²) in [4.78, 5) is 2.37. The first kappa shape index (κ1) is 12.4. The lowest BCUT2D eigenvalue weighted by Crippen LogP contribution is -2.36. The third kappa shape index (κ3) is 2.69. The highest BCUT2D eigenvalue weighted by molar-refractivity contribution is 8.00. The van der Waals surface area contributed by atoms with Gasteiger partial charge >= 0.3 is 0 Å². The van der Waals surface area contributed by atoms with Gasteiger partial charge in [0.15, 0.2) is 0 Å². The van der Waals surface area contributed by atoms with E-state index in [2.05, 4.69) is 51.4 Å². The van der Waals surface area contributed by atoms with E-state index in [0.29, 0.717) is 11.3 Å². The van der Waals surface area contributed by atoms with Crippen molar-refractivity contribution in [2.24, 2.45) is 5.92 Å². The lowest BCUT2D eigenvalue weighted by atomic mass is 10.1. The normalized spacial score (nSPS) is 24.8. The molecule has 0 saturated carbocycles. The first-order valence-corrected chi connectivity index (χ1v) is 6.46. The Labute approximate surface area is 97.9 Å². The third-order valence-electron chi connectivity index (χ3n) is 2.97. The summed E-state index contributed by atoms with van der Waals surface area (Å²) in [5, 5.41) is 0.538. The van der Waals surface area contributed by atoms with E-state index in [-0.39, 0.29) is 0 Å². The highest BCUT2D eigenvalue weighted by Crippen LogP contribution is 2.34. The van der Waals surface area contributed by atoms with Crippen LogP contribution in [0.5, 0.6) is 0 Å². The average molecular weight is 223 g/mol. The molecule has 0 aromatic heterocycles. The van der Waals surface area contributed by atoms with E-state index in [9.17, 15) is 0 Å². The molecule has 0 amide bonds. The molecular formula is C13H21NS. The van der Waals surface area contributed by atoms with E-state index < -0.39 is 0 Å². The zero-order valence-corrected chi connectivity index (χ0v) is 11.0. The Morgan fingerprint density at radius 3 is 2.80 bits per heavy atom. The van der Waals surface area contributed by atoms with E-state index >= 15 is 0 Å². The maximum atomic E-state index is 3.88. The SMILES string of the molecule is C=CC(C)C1SCC(/C=C/C)=C(C)N1C. The van der Waals surface area contributed by atoms with Crippen molar-refractivity contribution in [3.8, 4) is 0 Å². The fourth-order valence-electron chi connectivity index (χ4n) is 1.80. The summed E-state index contributed by atoms with van der Waals surface area (Å²) in [6.45, 7) is 10.4. The molecule has 0 saturated heterocycles. The summed E-state index contributed by atoms with van der Waals surface area (Å²) in [6, 6.07) is 0. The predicted molar refractivity (Wildman–Crippen MR) is 70.9 cm³/mol. The van der Waals surface area contributed by atoms with Crippen molar-refractivity contribution in [1.29, 1.82) is 0 Å². The van der Waals surface area contributed by atoms with Gasteiger partial charge in [-0.2, -0.15) is 0 Å². The van der Waals surface area contributed by atoms with Gasteiger partial charge in [-0.15, -0.1) is 18.3 Å². The standard InChI is InChI=1S/C13H21NS/c1-6-8-12-9-15-13(10(3)7-2)14(5)11(12)4/h6-8,10,13H,2,9H2,1,3-5H3/b8-6+. The van der Waals surface area contributed by atoms with Crippen LogP contribution in [0.2, 0.25) is 0 Å². The van der Waals surface area contributed by atoms with Gasteiger partial charge in [0.05, 0.1) is 5.37 Å². The summed E-state index contributed by atoms with van der Waals surface area (Å²) in [5.74, 6) is 1.64. The Morgan fingerprint density at radius 2 is 2.27 bits per heavy atom. The summed E-state index contributed by atoms with van der Waals surface area (Å²) in [7, 11) is 2.18. The number of thioether (sulfide) groups is 1. The molecule has 2 unspecified atom stereocenters. The largest absolute Gasteiger partial charge is 0.365 e. The molecule has 1 rings (SSSR count). The highest BCUT2D eigenvalue weighted by atomic mass is 32.2. The van der Waals surface area contributed by atoms with Gasteiger partial charge in [-0.25, -0.2) is 0 Å². The molecule has 0 aliphatic carbocycles. The van der Waals surface area contributed by atoms with Crippen molar-refractivity contribution in [3.63, 3.8) is 0 Å². The van der Waals surface area contributed by atoms with Crippen molar-refractivity contribution in [1.82, 2.24) is 4.90 Å². The first-order chi connectivity index (χ1) is 7.11. The van der Waals surface area contributed by atoms with Gasteiger partial charge in [0.1, 0.15) is 0 Å². The van der Waals surface area contributed by atoms with Crippen LogP contribution in [0.25, 0.3) is 0 Å². The van der Waals surface area contributed by atoms with Gasteiger partial charge in [-0.3, -0.25) is 0 Å². The summed E-state index contributed by atoms with van der Waals surface area (Å²) >= 11 is 2.00. The van der Waals surface area contributed by atoms with Crippen molar-refractivity contribution >= 4 is 11.8 Å². The van der Waals surface area contributed by atoms with Gasteiger partial charge in [0.2, 0.25) is 0 Å². The van der Waals surface area contributed by atoms with Crippen molar-refractivity contribution in [2.75, 3.05) is 12.8 Å². The molecule has 1 aliphatic rings. The van der Waals surface area contributed by atoms with Crippen LogP contribution in [0.4, 0.5) is 0 Å². The van der Waals surface area contributed by atoms with Crippen molar-refractivity contribution in [2.45, 2.75) is 26.1 Å². The lowest BCUT2D eigenvalue weighted by Gasteiger charge is -2.38. The van der Waals surface area contributed by atoms with Crippen LogP contribution in [-0.2, 0) is 0 Å². The van der Waals surface area contributed by atoms with Gasteiger partial charge < -0.3 is 4.90 Å². The molecule has 2 atom stereocenters. The molecule has 0 aromatic rings. The zero-order chi connectivity index (χ0) is 11.4. The number of allylic oxidation sites excluding steroid dienone is 3. The van der Waals surface area contributed by atoms with Gasteiger partial charge in [-0.05, 0) is 19.4 Å². The van der Waals surface area contributed by atoms with Crippen molar-refractivity contribution in [3.05, 3.63) is 36.1 Å². The van der Waals surface area contributed by atoms with Crippen LogP contribution in [0.3, 0.4) is 0 Å². The monoisotopic (exact) mass is 223 g/mol. The van der Waals surface area contributed by atoms with Gasteiger partial charge in [0.25, 0.3) is 0 Å². The second kappa shape index (κ2) is 5.45. The predicted octanol–water partition coefficient (Wildman–Crippen LogP) is 3.66. The molecule has 1 heterocycles. The quantitative estimate of drug-likeness (QED) is 0.672. The average Bonchev–Trinajstić information content (AvgIpc) is 2.24. The van der Waals surface area contributed by atoms with E-state index in [0.717, 1.165) is 5.75 Å². The second-order valence-corrected chi connectivity index (χ2v) is 5.12. The van der Waals surface area contributed by atoms with Crippen molar-refractivity contribution < 1.29 is 0 Å². The van der Waals surface area contributed by atoms with Crippen LogP contribution in [0.15, 0.2) is 36.1 Å². The van der Waals surface area contributed by atoms with Crippen LogP contribution in [0.1, 0.15) is 20.8 Å². The van der Waals surface area contributed by atoms with Crippen LogP contribution < -0.4 is 0 Å². The molecule has 1 nitrogen and oxygen atoms in total. The molecule has 84 valence electrons.